The van der Waals surface area contributed by atoms with Crippen molar-refractivity contribution in [1.29, 1.82) is 0 Å². The zero-order valence-corrected chi connectivity index (χ0v) is 12.0. The Bertz CT molecular complexity index is 552. The molecule has 0 aliphatic heterocycles. The number of likely N-dealkylation sites (N-methyl/N-ethyl adjacent to an activating group) is 1. The molecule has 2 aromatic carbocycles. The topological polar surface area (TPSA) is 29.3 Å². The van der Waals surface area contributed by atoms with E-state index in [1.807, 2.05) is 32.2 Å². The molecule has 106 valence electrons. The number of hydrogen-bond acceptors (Lipinski definition) is 2. The lowest BCUT2D eigenvalue weighted by Crippen LogP contribution is -2.23. The average Bonchev–Trinajstić information content (AvgIpc) is 2.45. The van der Waals surface area contributed by atoms with E-state index >= 15 is 0 Å². The number of halogens is 1. The normalized spacial score (nSPS) is 12.2. The lowest BCUT2D eigenvalue weighted by Gasteiger charge is -2.24. The highest BCUT2D eigenvalue weighted by molar-refractivity contribution is 5.54. The first kappa shape index (κ1) is 14.5. The minimum absolute atomic E-state index is 0.181. The molecule has 0 aromatic heterocycles. The summed E-state index contributed by atoms with van der Waals surface area (Å²) in [6.45, 7) is 2.75. The molecule has 2 rings (SSSR count). The monoisotopic (exact) mass is 272 g/mol. The summed E-state index contributed by atoms with van der Waals surface area (Å²) < 4.78 is 13.3. The highest BCUT2D eigenvalue weighted by Crippen LogP contribution is 2.25. The van der Waals surface area contributed by atoms with E-state index in [1.54, 1.807) is 6.07 Å². The number of nitrogens with two attached hydrogens (primary N) is 1. The maximum Gasteiger partial charge on any atom is 0.123 e. The average molecular weight is 272 g/mol. The third-order valence-electron chi connectivity index (χ3n) is 3.47. The molecule has 0 radical (unpaired) electrons. The Morgan fingerprint density at radius 1 is 1.15 bits per heavy atom. The summed E-state index contributed by atoms with van der Waals surface area (Å²) in [5.41, 5.74) is 9.08. The zero-order valence-electron chi connectivity index (χ0n) is 12.0. The summed E-state index contributed by atoms with van der Waals surface area (Å²) in [7, 11) is 2.02. The summed E-state index contributed by atoms with van der Waals surface area (Å²) in [5.74, 6) is -0.238. The number of rotatable bonds is 5. The van der Waals surface area contributed by atoms with Gasteiger partial charge in [-0.2, -0.15) is 0 Å². The first-order valence-electron chi connectivity index (χ1n) is 6.88. The van der Waals surface area contributed by atoms with Gasteiger partial charge in [-0.3, -0.25) is 0 Å². The molecule has 20 heavy (non-hydrogen) atoms. The van der Waals surface area contributed by atoms with Crippen molar-refractivity contribution in [2.24, 2.45) is 5.73 Å². The molecule has 0 heterocycles. The van der Waals surface area contributed by atoms with Crippen LogP contribution in [0.4, 0.5) is 10.1 Å². The van der Waals surface area contributed by atoms with Crippen LogP contribution in [0.1, 0.15) is 24.1 Å². The second kappa shape index (κ2) is 6.53. The quantitative estimate of drug-likeness (QED) is 0.902. The van der Waals surface area contributed by atoms with Crippen LogP contribution in [0.25, 0.3) is 0 Å². The van der Waals surface area contributed by atoms with Gasteiger partial charge in [-0.05, 0) is 42.7 Å². The fourth-order valence-electron chi connectivity index (χ4n) is 2.30. The molecule has 0 fully saturated rings. The predicted octanol–water partition coefficient (Wildman–Crippen LogP) is 3.52. The molecule has 2 aromatic rings. The first-order chi connectivity index (χ1) is 9.58. The summed E-state index contributed by atoms with van der Waals surface area (Å²) >= 11 is 0. The van der Waals surface area contributed by atoms with Crippen molar-refractivity contribution >= 4 is 5.69 Å². The van der Waals surface area contributed by atoms with Gasteiger partial charge in [0.25, 0.3) is 0 Å². The van der Waals surface area contributed by atoms with Crippen molar-refractivity contribution in [2.45, 2.75) is 19.4 Å². The minimum atomic E-state index is -0.238. The van der Waals surface area contributed by atoms with Crippen LogP contribution in [0.2, 0.25) is 0 Å². The third kappa shape index (κ3) is 3.58. The number of hydrogen-bond donors (Lipinski definition) is 1. The third-order valence-corrected chi connectivity index (χ3v) is 3.47. The molecule has 0 spiro atoms. The smallest absolute Gasteiger partial charge is 0.123 e. The van der Waals surface area contributed by atoms with Crippen LogP contribution in [0.5, 0.6) is 0 Å². The zero-order chi connectivity index (χ0) is 14.5. The molecule has 0 unspecified atom stereocenters. The van der Waals surface area contributed by atoms with Crippen LogP contribution in [0.3, 0.4) is 0 Å². The van der Waals surface area contributed by atoms with Gasteiger partial charge in [-0.1, -0.05) is 30.3 Å². The van der Waals surface area contributed by atoms with Crippen LogP contribution in [-0.4, -0.2) is 13.6 Å². The fourth-order valence-corrected chi connectivity index (χ4v) is 2.30. The molecule has 0 amide bonds. The summed E-state index contributed by atoms with van der Waals surface area (Å²) in [6, 6.07) is 15.0. The molecule has 0 saturated carbocycles. The van der Waals surface area contributed by atoms with E-state index in [9.17, 15) is 4.39 Å². The van der Waals surface area contributed by atoms with E-state index in [4.69, 9.17) is 5.73 Å². The Kier molecular flexibility index (Phi) is 4.74. The van der Waals surface area contributed by atoms with Gasteiger partial charge in [-0.15, -0.1) is 0 Å². The van der Waals surface area contributed by atoms with Gasteiger partial charge < -0.3 is 10.6 Å². The number of anilines is 1. The van der Waals surface area contributed by atoms with E-state index < -0.39 is 0 Å². The van der Waals surface area contributed by atoms with Gasteiger partial charge in [0, 0.05) is 25.3 Å². The Hall–Kier alpha value is -1.87. The summed E-state index contributed by atoms with van der Waals surface area (Å²) in [6.07, 6.45) is 0.951. The van der Waals surface area contributed by atoms with Gasteiger partial charge in [0.05, 0.1) is 0 Å². The Morgan fingerprint density at radius 3 is 2.50 bits per heavy atom. The van der Waals surface area contributed by atoms with Gasteiger partial charge in [0.2, 0.25) is 0 Å². The maximum atomic E-state index is 13.3. The molecule has 0 saturated heterocycles. The van der Waals surface area contributed by atoms with E-state index in [0.29, 0.717) is 0 Å². The SMILES string of the molecule is C[C@H](N)c1cc(F)ccc1N(C)CCc1ccccc1. The van der Waals surface area contributed by atoms with E-state index in [1.165, 1.54) is 17.7 Å². The molecule has 0 aliphatic rings. The van der Waals surface area contributed by atoms with Crippen LogP contribution >= 0.6 is 0 Å². The maximum absolute atomic E-state index is 13.3. The standard InChI is InChI=1S/C17H21FN2/c1-13(19)16-12-15(18)8-9-17(16)20(2)11-10-14-6-4-3-5-7-14/h3-9,12-13H,10-11,19H2,1-2H3/t13-/m0/s1. The van der Waals surface area contributed by atoms with Gasteiger partial charge in [-0.25, -0.2) is 4.39 Å². The van der Waals surface area contributed by atoms with Crippen LogP contribution in [0, 0.1) is 5.82 Å². The minimum Gasteiger partial charge on any atom is -0.374 e. The highest BCUT2D eigenvalue weighted by Gasteiger charge is 2.12. The second-order valence-electron chi connectivity index (χ2n) is 5.15. The van der Waals surface area contributed by atoms with Crippen molar-refractivity contribution < 1.29 is 4.39 Å². The summed E-state index contributed by atoms with van der Waals surface area (Å²) in [4.78, 5) is 2.13. The van der Waals surface area contributed by atoms with Crippen molar-refractivity contribution in [2.75, 3.05) is 18.5 Å². The van der Waals surface area contributed by atoms with E-state index in [2.05, 4.69) is 17.0 Å². The van der Waals surface area contributed by atoms with Gasteiger partial charge in [0.1, 0.15) is 5.82 Å². The predicted molar refractivity (Wildman–Crippen MR) is 82.4 cm³/mol. The number of benzene rings is 2. The van der Waals surface area contributed by atoms with Crippen molar-refractivity contribution in [3.63, 3.8) is 0 Å². The molecular formula is C17H21FN2. The summed E-state index contributed by atoms with van der Waals surface area (Å²) in [5, 5.41) is 0. The lowest BCUT2D eigenvalue weighted by molar-refractivity contribution is 0.622. The molecule has 3 heteroatoms. The first-order valence-corrected chi connectivity index (χ1v) is 6.88. The second-order valence-corrected chi connectivity index (χ2v) is 5.15. The molecular weight excluding hydrogens is 251 g/mol. The fraction of sp³-hybridized carbons (Fsp3) is 0.294. The highest BCUT2D eigenvalue weighted by atomic mass is 19.1. The Balaban J connectivity index is 2.11. The molecule has 2 nitrogen and oxygen atoms in total. The van der Waals surface area contributed by atoms with Crippen LogP contribution in [0.15, 0.2) is 48.5 Å². The van der Waals surface area contributed by atoms with E-state index in [-0.39, 0.29) is 11.9 Å². The molecule has 1 atom stereocenters. The Labute approximate surface area is 120 Å². The van der Waals surface area contributed by atoms with Gasteiger partial charge >= 0.3 is 0 Å². The van der Waals surface area contributed by atoms with Crippen LogP contribution in [-0.2, 0) is 6.42 Å². The Morgan fingerprint density at radius 2 is 1.85 bits per heavy atom. The lowest BCUT2D eigenvalue weighted by atomic mass is 10.1. The van der Waals surface area contributed by atoms with Crippen molar-refractivity contribution in [1.82, 2.24) is 0 Å². The van der Waals surface area contributed by atoms with Crippen molar-refractivity contribution in [3.05, 3.63) is 65.5 Å². The molecule has 0 bridgehead atoms. The largest absolute Gasteiger partial charge is 0.374 e. The van der Waals surface area contributed by atoms with Crippen LogP contribution < -0.4 is 10.6 Å². The molecule has 0 aliphatic carbocycles. The van der Waals surface area contributed by atoms with Crippen molar-refractivity contribution in [3.8, 4) is 0 Å². The molecule has 2 N–H and O–H groups in total. The van der Waals surface area contributed by atoms with E-state index in [0.717, 1.165) is 24.2 Å². The number of nitrogens with zero attached hydrogens (tertiary/aromatic N) is 1. The van der Waals surface area contributed by atoms with Gasteiger partial charge in [0.15, 0.2) is 0 Å².